The second-order valence-electron chi connectivity index (χ2n) is 4.28. The average molecular weight is 316 g/mol. The molecule has 4 nitrogen and oxygen atoms in total. The Labute approximate surface area is 121 Å². The van der Waals surface area contributed by atoms with Crippen LogP contribution in [0.15, 0.2) is 21.0 Å². The summed E-state index contributed by atoms with van der Waals surface area (Å²) in [5.74, 6) is 0. The van der Waals surface area contributed by atoms with E-state index in [-0.39, 0.29) is 0 Å². The first kappa shape index (κ1) is 14.7. The molecule has 0 bridgehead atoms. The van der Waals surface area contributed by atoms with Crippen LogP contribution in [0.1, 0.15) is 21.6 Å². The van der Waals surface area contributed by atoms with E-state index in [1.54, 1.807) is 17.4 Å². The van der Waals surface area contributed by atoms with Crippen LogP contribution >= 0.6 is 22.7 Å². The minimum Gasteiger partial charge on any atom is -0.326 e. The molecule has 2 heterocycles. The number of hydrogen-bond acceptors (Lipinski definition) is 5. The summed E-state index contributed by atoms with van der Waals surface area (Å²) < 4.78 is 27.3. The van der Waals surface area contributed by atoms with Crippen molar-refractivity contribution in [2.45, 2.75) is 31.1 Å². The van der Waals surface area contributed by atoms with Gasteiger partial charge in [0.2, 0.25) is 10.0 Å². The number of rotatable bonds is 5. The van der Waals surface area contributed by atoms with Crippen molar-refractivity contribution in [3.63, 3.8) is 0 Å². The molecule has 0 saturated heterocycles. The van der Waals surface area contributed by atoms with Crippen LogP contribution in [0.3, 0.4) is 0 Å². The van der Waals surface area contributed by atoms with Crippen LogP contribution in [-0.4, -0.2) is 8.42 Å². The van der Waals surface area contributed by atoms with Gasteiger partial charge in [-0.05, 0) is 47.4 Å². The van der Waals surface area contributed by atoms with E-state index in [0.29, 0.717) is 17.3 Å². The Bertz CT molecular complexity index is 671. The van der Waals surface area contributed by atoms with Gasteiger partial charge in [0, 0.05) is 18.0 Å². The third-order valence-corrected chi connectivity index (χ3v) is 6.91. The molecule has 2 rings (SSSR count). The van der Waals surface area contributed by atoms with Crippen LogP contribution in [0.5, 0.6) is 0 Å². The molecule has 0 aliphatic heterocycles. The highest BCUT2D eigenvalue weighted by Crippen LogP contribution is 2.25. The third kappa shape index (κ3) is 3.24. The van der Waals surface area contributed by atoms with Crippen LogP contribution in [0, 0.1) is 13.8 Å². The van der Waals surface area contributed by atoms with Gasteiger partial charge in [0.15, 0.2) is 0 Å². The number of aryl methyl sites for hydroxylation is 2. The predicted octanol–water partition coefficient (Wildman–Crippen LogP) is 2.36. The van der Waals surface area contributed by atoms with Gasteiger partial charge in [0.05, 0.1) is 0 Å². The molecule has 2 aromatic rings. The van der Waals surface area contributed by atoms with Gasteiger partial charge in [0.25, 0.3) is 0 Å². The SMILES string of the molecule is Cc1cscc1CNS(=O)(=O)c1cc(C)c(CN)s1. The van der Waals surface area contributed by atoms with E-state index >= 15 is 0 Å². The van der Waals surface area contributed by atoms with Crippen molar-refractivity contribution in [3.05, 3.63) is 38.4 Å². The van der Waals surface area contributed by atoms with E-state index in [1.165, 1.54) is 11.3 Å². The number of nitrogens with two attached hydrogens (primary N) is 1. The Morgan fingerprint density at radius 3 is 2.53 bits per heavy atom. The molecule has 0 spiro atoms. The fraction of sp³-hybridized carbons (Fsp3) is 0.333. The fourth-order valence-corrected chi connectivity index (χ4v) is 5.01. The first-order valence-corrected chi connectivity index (χ1v) is 8.99. The van der Waals surface area contributed by atoms with Crippen LogP contribution in [0.4, 0.5) is 0 Å². The molecule has 0 saturated carbocycles. The molecule has 0 fully saturated rings. The molecule has 0 amide bonds. The van der Waals surface area contributed by atoms with Crippen molar-refractivity contribution in [1.29, 1.82) is 0 Å². The van der Waals surface area contributed by atoms with Gasteiger partial charge in [-0.1, -0.05) is 0 Å². The zero-order chi connectivity index (χ0) is 14.0. The van der Waals surface area contributed by atoms with Crippen LogP contribution < -0.4 is 10.5 Å². The van der Waals surface area contributed by atoms with E-state index in [0.717, 1.165) is 21.6 Å². The Morgan fingerprint density at radius 1 is 1.26 bits per heavy atom. The molecule has 0 unspecified atom stereocenters. The zero-order valence-electron chi connectivity index (χ0n) is 10.8. The lowest BCUT2D eigenvalue weighted by molar-refractivity contribution is 0.583. The average Bonchev–Trinajstić information content (AvgIpc) is 2.93. The highest BCUT2D eigenvalue weighted by Gasteiger charge is 2.18. The maximum atomic E-state index is 12.2. The number of thiophene rings is 2. The first-order chi connectivity index (χ1) is 8.94. The Kier molecular flexibility index (Phi) is 4.42. The lowest BCUT2D eigenvalue weighted by atomic mass is 10.2. The highest BCUT2D eigenvalue weighted by molar-refractivity contribution is 7.91. The Morgan fingerprint density at radius 2 is 2.00 bits per heavy atom. The normalized spacial score (nSPS) is 11.9. The summed E-state index contributed by atoms with van der Waals surface area (Å²) >= 11 is 2.81. The van der Waals surface area contributed by atoms with Gasteiger partial charge in [-0.3, -0.25) is 0 Å². The highest BCUT2D eigenvalue weighted by atomic mass is 32.2. The van der Waals surface area contributed by atoms with Gasteiger partial charge in [0.1, 0.15) is 4.21 Å². The maximum absolute atomic E-state index is 12.2. The summed E-state index contributed by atoms with van der Waals surface area (Å²) in [6.45, 7) is 4.55. The number of hydrogen-bond donors (Lipinski definition) is 2. The van der Waals surface area contributed by atoms with Crippen molar-refractivity contribution < 1.29 is 8.42 Å². The van der Waals surface area contributed by atoms with E-state index in [9.17, 15) is 8.42 Å². The third-order valence-electron chi connectivity index (χ3n) is 2.86. The van der Waals surface area contributed by atoms with Crippen LogP contribution in [0.25, 0.3) is 0 Å². The smallest absolute Gasteiger partial charge is 0.250 e. The second-order valence-corrected chi connectivity index (χ2v) is 8.15. The minimum atomic E-state index is -3.45. The molecule has 0 radical (unpaired) electrons. The molecule has 19 heavy (non-hydrogen) atoms. The number of nitrogens with one attached hydrogen (secondary N) is 1. The van der Waals surface area contributed by atoms with Crippen LogP contribution in [0.2, 0.25) is 0 Å². The molecule has 104 valence electrons. The van der Waals surface area contributed by atoms with Gasteiger partial charge < -0.3 is 5.73 Å². The lowest BCUT2D eigenvalue weighted by Gasteiger charge is -2.04. The summed E-state index contributed by atoms with van der Waals surface area (Å²) in [7, 11) is -3.45. The Balaban J connectivity index is 2.16. The minimum absolute atomic E-state index is 0.326. The first-order valence-electron chi connectivity index (χ1n) is 5.74. The summed E-state index contributed by atoms with van der Waals surface area (Å²) in [6.07, 6.45) is 0. The second kappa shape index (κ2) is 5.72. The lowest BCUT2D eigenvalue weighted by Crippen LogP contribution is -2.22. The molecule has 0 aliphatic carbocycles. The molecule has 0 aromatic carbocycles. The molecule has 3 N–H and O–H groups in total. The summed E-state index contributed by atoms with van der Waals surface area (Å²) in [4.78, 5) is 0.909. The van der Waals surface area contributed by atoms with E-state index < -0.39 is 10.0 Å². The summed E-state index contributed by atoms with van der Waals surface area (Å²) in [5, 5.41) is 3.97. The topological polar surface area (TPSA) is 72.2 Å². The van der Waals surface area contributed by atoms with Crippen LogP contribution in [-0.2, 0) is 23.1 Å². The van der Waals surface area contributed by atoms with Gasteiger partial charge in [-0.25, -0.2) is 13.1 Å². The predicted molar refractivity (Wildman–Crippen MR) is 80.0 cm³/mol. The van der Waals surface area contributed by atoms with E-state index in [4.69, 9.17) is 5.73 Å². The van der Waals surface area contributed by atoms with Gasteiger partial charge in [-0.15, -0.1) is 11.3 Å². The fourth-order valence-electron chi connectivity index (χ4n) is 1.64. The van der Waals surface area contributed by atoms with E-state index in [1.807, 2.05) is 24.6 Å². The largest absolute Gasteiger partial charge is 0.326 e. The quantitative estimate of drug-likeness (QED) is 0.889. The standard InChI is InChI=1S/C12H16N2O2S3/c1-8-3-12(18-11(8)4-13)19(15,16)14-5-10-7-17-6-9(10)2/h3,6-7,14H,4-5,13H2,1-2H3. The van der Waals surface area contributed by atoms with Crippen molar-refractivity contribution in [2.75, 3.05) is 0 Å². The molecule has 2 aromatic heterocycles. The number of sulfonamides is 1. The molecule has 0 aliphatic rings. The van der Waals surface area contributed by atoms with Crippen molar-refractivity contribution in [3.8, 4) is 0 Å². The summed E-state index contributed by atoms with van der Waals surface area (Å²) in [5.41, 5.74) is 8.63. The summed E-state index contributed by atoms with van der Waals surface area (Å²) in [6, 6.07) is 1.68. The van der Waals surface area contributed by atoms with E-state index in [2.05, 4.69) is 4.72 Å². The zero-order valence-corrected chi connectivity index (χ0v) is 13.2. The van der Waals surface area contributed by atoms with Crippen molar-refractivity contribution in [1.82, 2.24) is 4.72 Å². The molecular formula is C12H16N2O2S3. The Hall–Kier alpha value is -0.730. The van der Waals surface area contributed by atoms with Gasteiger partial charge >= 0.3 is 0 Å². The van der Waals surface area contributed by atoms with Crippen molar-refractivity contribution >= 4 is 32.7 Å². The van der Waals surface area contributed by atoms with Crippen molar-refractivity contribution in [2.24, 2.45) is 5.73 Å². The molecule has 0 atom stereocenters. The molecular weight excluding hydrogens is 300 g/mol. The van der Waals surface area contributed by atoms with Gasteiger partial charge in [-0.2, -0.15) is 11.3 Å². The molecule has 7 heteroatoms. The maximum Gasteiger partial charge on any atom is 0.250 e. The monoisotopic (exact) mass is 316 g/mol.